The third-order valence-electron chi connectivity index (χ3n) is 5.81. The van der Waals surface area contributed by atoms with Crippen molar-refractivity contribution in [2.24, 2.45) is 5.92 Å². The summed E-state index contributed by atoms with van der Waals surface area (Å²) in [6, 6.07) is 0.167. The molecule has 3 heteroatoms. The number of hydrogen-bond acceptors (Lipinski definition) is 2. The van der Waals surface area contributed by atoms with Crippen LogP contribution in [-0.4, -0.2) is 22.7 Å². The van der Waals surface area contributed by atoms with E-state index in [0.717, 1.165) is 38.5 Å². The van der Waals surface area contributed by atoms with Crippen molar-refractivity contribution in [1.82, 2.24) is 5.32 Å². The Bertz CT molecular complexity index is 334. The van der Waals surface area contributed by atoms with E-state index in [9.17, 15) is 9.90 Å². The van der Waals surface area contributed by atoms with Gasteiger partial charge in [0.2, 0.25) is 5.91 Å². The maximum atomic E-state index is 11.7. The summed E-state index contributed by atoms with van der Waals surface area (Å²) < 4.78 is 0. The first-order valence-electron chi connectivity index (χ1n) is 9.61. The lowest BCUT2D eigenvalue weighted by molar-refractivity contribution is -0.121. The first-order chi connectivity index (χ1) is 10.6. The van der Waals surface area contributed by atoms with Crippen LogP contribution >= 0.6 is 0 Å². The van der Waals surface area contributed by atoms with Crippen LogP contribution in [0.1, 0.15) is 96.8 Å². The Labute approximate surface area is 136 Å². The van der Waals surface area contributed by atoms with Crippen molar-refractivity contribution in [1.29, 1.82) is 0 Å². The second kappa shape index (κ2) is 8.90. The fourth-order valence-electron chi connectivity index (χ4n) is 4.63. The Kier molecular flexibility index (Phi) is 7.20. The van der Waals surface area contributed by atoms with Crippen molar-refractivity contribution >= 4 is 5.91 Å². The highest BCUT2D eigenvalue weighted by Crippen LogP contribution is 2.39. The molecule has 1 amide bonds. The molecule has 3 nitrogen and oxygen atoms in total. The quantitative estimate of drug-likeness (QED) is 0.797. The SMILES string of the molecule is CC(=O)NC1CCCCCCCC1C1(O)CCCCCCC1. The average molecular weight is 309 g/mol. The van der Waals surface area contributed by atoms with E-state index in [2.05, 4.69) is 5.32 Å². The van der Waals surface area contributed by atoms with E-state index in [1.54, 1.807) is 6.92 Å². The highest BCUT2D eigenvalue weighted by atomic mass is 16.3. The third-order valence-corrected chi connectivity index (χ3v) is 5.81. The molecule has 0 aromatic rings. The van der Waals surface area contributed by atoms with Crippen LogP contribution < -0.4 is 5.32 Å². The number of nitrogens with one attached hydrogen (secondary N) is 1. The zero-order valence-electron chi connectivity index (χ0n) is 14.4. The summed E-state index contributed by atoms with van der Waals surface area (Å²) in [5.74, 6) is 0.302. The van der Waals surface area contributed by atoms with E-state index in [4.69, 9.17) is 0 Å². The molecule has 2 unspecified atom stereocenters. The highest BCUT2D eigenvalue weighted by molar-refractivity contribution is 5.73. The zero-order valence-corrected chi connectivity index (χ0v) is 14.4. The predicted octanol–water partition coefficient (Wildman–Crippen LogP) is 4.33. The second-order valence-electron chi connectivity index (χ2n) is 7.63. The van der Waals surface area contributed by atoms with E-state index in [1.807, 2.05) is 0 Å². The summed E-state index contributed by atoms with van der Waals surface area (Å²) in [7, 11) is 0. The molecule has 2 N–H and O–H groups in total. The first kappa shape index (κ1) is 17.8. The van der Waals surface area contributed by atoms with Crippen LogP contribution in [0.15, 0.2) is 0 Å². The molecule has 2 rings (SSSR count). The van der Waals surface area contributed by atoms with Crippen molar-refractivity contribution in [2.45, 2.75) is 108 Å². The van der Waals surface area contributed by atoms with E-state index >= 15 is 0 Å². The van der Waals surface area contributed by atoms with Gasteiger partial charge in [-0.25, -0.2) is 0 Å². The topological polar surface area (TPSA) is 49.3 Å². The molecule has 22 heavy (non-hydrogen) atoms. The van der Waals surface area contributed by atoms with Crippen molar-refractivity contribution in [3.8, 4) is 0 Å². The van der Waals surface area contributed by atoms with Gasteiger partial charge < -0.3 is 10.4 Å². The monoisotopic (exact) mass is 309 g/mol. The maximum Gasteiger partial charge on any atom is 0.217 e. The summed E-state index contributed by atoms with van der Waals surface area (Å²) in [6.45, 7) is 1.62. The van der Waals surface area contributed by atoms with Gasteiger partial charge in [0.05, 0.1) is 5.60 Å². The molecule has 0 radical (unpaired) electrons. The number of carbonyl (C=O) groups is 1. The van der Waals surface area contributed by atoms with Crippen LogP contribution in [0.2, 0.25) is 0 Å². The molecule has 0 heterocycles. The molecular formula is C19H35NO2. The standard InChI is InChI=1S/C19H35NO2/c1-16(21)20-18-13-9-5-2-4-8-12-17(18)19(22)14-10-6-3-7-11-15-19/h17-18,22H,2-15H2,1H3,(H,20,21). The number of amides is 1. The first-order valence-corrected chi connectivity index (χ1v) is 9.61. The van der Waals surface area contributed by atoms with Gasteiger partial charge >= 0.3 is 0 Å². The van der Waals surface area contributed by atoms with Crippen LogP contribution in [0, 0.1) is 5.92 Å². The zero-order chi connectivity index (χ0) is 15.8. The fraction of sp³-hybridized carbons (Fsp3) is 0.947. The molecule has 2 fully saturated rings. The average Bonchev–Trinajstić information content (AvgIpc) is 2.55. The van der Waals surface area contributed by atoms with Gasteiger partial charge in [0.25, 0.3) is 0 Å². The van der Waals surface area contributed by atoms with Gasteiger partial charge in [-0.2, -0.15) is 0 Å². The molecule has 0 bridgehead atoms. The lowest BCUT2D eigenvalue weighted by Crippen LogP contribution is -2.51. The highest BCUT2D eigenvalue weighted by Gasteiger charge is 2.40. The second-order valence-corrected chi connectivity index (χ2v) is 7.63. The van der Waals surface area contributed by atoms with Crippen molar-refractivity contribution in [3.05, 3.63) is 0 Å². The maximum absolute atomic E-state index is 11.7. The largest absolute Gasteiger partial charge is 0.390 e. The predicted molar refractivity (Wildman–Crippen MR) is 90.7 cm³/mol. The molecule has 0 aromatic heterocycles. The van der Waals surface area contributed by atoms with Crippen molar-refractivity contribution < 1.29 is 9.90 Å². The molecule has 2 atom stereocenters. The van der Waals surface area contributed by atoms with Crippen LogP contribution in [0.4, 0.5) is 0 Å². The van der Waals surface area contributed by atoms with Crippen molar-refractivity contribution in [2.75, 3.05) is 0 Å². The van der Waals surface area contributed by atoms with Gasteiger partial charge in [-0.1, -0.05) is 64.2 Å². The summed E-state index contributed by atoms with van der Waals surface area (Å²) >= 11 is 0. The number of rotatable bonds is 2. The summed E-state index contributed by atoms with van der Waals surface area (Å²) in [5.41, 5.74) is -0.558. The van der Waals surface area contributed by atoms with Crippen LogP contribution in [0.3, 0.4) is 0 Å². The lowest BCUT2D eigenvalue weighted by Gasteiger charge is -2.42. The van der Waals surface area contributed by atoms with Gasteiger partial charge in [-0.05, 0) is 25.7 Å². The minimum absolute atomic E-state index is 0.0590. The van der Waals surface area contributed by atoms with E-state index in [1.165, 1.54) is 51.4 Å². The van der Waals surface area contributed by atoms with E-state index in [-0.39, 0.29) is 17.9 Å². The molecule has 0 saturated heterocycles. The summed E-state index contributed by atoms with van der Waals surface area (Å²) in [6.07, 6.45) is 16.3. The Morgan fingerprint density at radius 3 is 1.95 bits per heavy atom. The molecule has 0 spiro atoms. The molecule has 2 aliphatic rings. The minimum Gasteiger partial charge on any atom is -0.390 e. The number of aliphatic hydroxyl groups is 1. The molecule has 0 aromatic carbocycles. The normalized spacial score (nSPS) is 31.0. The Hall–Kier alpha value is -0.570. The van der Waals surface area contributed by atoms with E-state index < -0.39 is 5.60 Å². The summed E-state index contributed by atoms with van der Waals surface area (Å²) in [5, 5.41) is 14.6. The molecule has 2 saturated carbocycles. The van der Waals surface area contributed by atoms with Crippen LogP contribution in [0.25, 0.3) is 0 Å². The van der Waals surface area contributed by atoms with Gasteiger partial charge in [-0.3, -0.25) is 4.79 Å². The van der Waals surface area contributed by atoms with Gasteiger partial charge in [0.1, 0.15) is 0 Å². The number of hydrogen-bond donors (Lipinski definition) is 2. The molecule has 128 valence electrons. The summed E-state index contributed by atoms with van der Waals surface area (Å²) in [4.78, 5) is 11.7. The smallest absolute Gasteiger partial charge is 0.217 e. The molecular weight excluding hydrogens is 274 g/mol. The van der Waals surface area contributed by atoms with Crippen LogP contribution in [0.5, 0.6) is 0 Å². The van der Waals surface area contributed by atoms with Gasteiger partial charge in [0, 0.05) is 18.9 Å². The minimum atomic E-state index is -0.558. The Balaban J connectivity index is 2.15. The fourth-order valence-corrected chi connectivity index (χ4v) is 4.63. The third kappa shape index (κ3) is 5.26. The molecule has 0 aliphatic heterocycles. The number of carbonyl (C=O) groups excluding carboxylic acids is 1. The van der Waals surface area contributed by atoms with Crippen molar-refractivity contribution in [3.63, 3.8) is 0 Å². The van der Waals surface area contributed by atoms with E-state index in [0.29, 0.717) is 0 Å². The van der Waals surface area contributed by atoms with Gasteiger partial charge in [-0.15, -0.1) is 0 Å². The Morgan fingerprint density at radius 2 is 1.36 bits per heavy atom. The molecule has 2 aliphatic carbocycles. The van der Waals surface area contributed by atoms with Gasteiger partial charge in [0.15, 0.2) is 0 Å². The Morgan fingerprint density at radius 1 is 0.864 bits per heavy atom. The van der Waals surface area contributed by atoms with Crippen LogP contribution in [-0.2, 0) is 4.79 Å². The lowest BCUT2D eigenvalue weighted by atomic mass is 9.71.